The first kappa shape index (κ1) is 49.9. The first-order chi connectivity index (χ1) is 30.4. The number of anilines is 2. The fourth-order valence-electron chi connectivity index (χ4n) is 6.59. The second kappa shape index (κ2) is 25.4. The van der Waals surface area contributed by atoms with Gasteiger partial charge in [0.2, 0.25) is 0 Å². The summed E-state index contributed by atoms with van der Waals surface area (Å²) >= 11 is 3.13. The number of esters is 2. The molecule has 4 amide bonds. The Balaban J connectivity index is 0.000000230. The number of carbonyl (C=O) groups is 4. The van der Waals surface area contributed by atoms with Crippen LogP contribution in [0.1, 0.15) is 45.7 Å². The van der Waals surface area contributed by atoms with Crippen molar-refractivity contribution in [3.8, 4) is 11.5 Å². The average molecular weight is 940 g/mol. The maximum Gasteiger partial charge on any atom is 0.337 e. The van der Waals surface area contributed by atoms with E-state index in [4.69, 9.17) is 9.47 Å². The summed E-state index contributed by atoms with van der Waals surface area (Å²) in [6, 6.07) is 22.7. The molecule has 63 heavy (non-hydrogen) atoms. The van der Waals surface area contributed by atoms with Crippen molar-refractivity contribution in [3.05, 3.63) is 119 Å². The summed E-state index contributed by atoms with van der Waals surface area (Å²) in [5.74, 6) is -0.650. The zero-order valence-corrected chi connectivity index (χ0v) is 38.3. The Kier molecular flexibility index (Phi) is 20.1. The fourth-order valence-corrected chi connectivity index (χ4v) is 7.05. The highest BCUT2D eigenvalue weighted by Crippen LogP contribution is 2.25. The van der Waals surface area contributed by atoms with E-state index in [0.717, 1.165) is 69.9 Å². The van der Waals surface area contributed by atoms with Gasteiger partial charge in [-0.1, -0.05) is 41.9 Å². The van der Waals surface area contributed by atoms with Crippen LogP contribution in [0.2, 0.25) is 0 Å². The Labute approximate surface area is 376 Å². The number of methoxy groups -OCH3 is 4. The number of likely N-dealkylation sites (N-methyl/N-ethyl adjacent to an activating group) is 2. The van der Waals surface area contributed by atoms with Crippen LogP contribution >= 0.6 is 15.9 Å². The highest BCUT2D eigenvalue weighted by molar-refractivity contribution is 9.08. The minimum atomic E-state index is -0.609. The van der Waals surface area contributed by atoms with Gasteiger partial charge in [0.25, 0.3) is 0 Å². The van der Waals surface area contributed by atoms with E-state index < -0.39 is 23.6 Å². The number of amides is 4. The van der Waals surface area contributed by atoms with Crippen molar-refractivity contribution in [1.82, 2.24) is 19.6 Å². The zero-order chi connectivity index (χ0) is 45.9. The van der Waals surface area contributed by atoms with E-state index in [0.29, 0.717) is 41.0 Å². The number of ether oxygens (including phenoxy) is 4. The number of nitrogens with one attached hydrogen (secondary N) is 1. The van der Waals surface area contributed by atoms with E-state index in [1.807, 2.05) is 29.2 Å². The van der Waals surface area contributed by atoms with Crippen molar-refractivity contribution in [1.29, 1.82) is 0 Å². The summed E-state index contributed by atoms with van der Waals surface area (Å²) in [5.41, 5.74) is 2.62. The van der Waals surface area contributed by atoms with Gasteiger partial charge in [-0.2, -0.15) is 0 Å². The lowest BCUT2D eigenvalue weighted by atomic mass is 10.1. The molecule has 2 saturated heterocycles. The molecule has 0 bridgehead atoms. The number of piperazine rings is 2. The Morgan fingerprint density at radius 3 is 1.48 bits per heavy atom. The molecule has 0 aromatic heterocycles. The molecule has 0 saturated carbocycles. The number of benzene rings is 4. The molecule has 0 radical (unpaired) electrons. The molecule has 0 spiro atoms. The maximum atomic E-state index is 14.8. The first-order valence-electron chi connectivity index (χ1n) is 20.5. The van der Waals surface area contributed by atoms with Gasteiger partial charge in [0.15, 0.2) is 0 Å². The van der Waals surface area contributed by atoms with Crippen molar-refractivity contribution in [2.45, 2.75) is 25.7 Å². The largest absolute Gasteiger partial charge is 0.497 e. The number of urea groups is 2. The molecule has 340 valence electrons. The predicted octanol–water partition coefficient (Wildman–Crippen LogP) is 7.76. The number of alkyl halides is 1. The van der Waals surface area contributed by atoms with E-state index in [2.05, 4.69) is 54.4 Å². The van der Waals surface area contributed by atoms with E-state index in [-0.39, 0.29) is 29.7 Å². The molecule has 17 heteroatoms. The predicted molar refractivity (Wildman–Crippen MR) is 242 cm³/mol. The highest BCUT2D eigenvalue weighted by Gasteiger charge is 2.27. The monoisotopic (exact) mass is 938 g/mol. The molecule has 0 unspecified atom stereocenters. The summed E-state index contributed by atoms with van der Waals surface area (Å²) in [5, 5.41) is 3.34. The number of rotatable bonds is 11. The van der Waals surface area contributed by atoms with Gasteiger partial charge < -0.3 is 43.9 Å². The second-order valence-corrected chi connectivity index (χ2v) is 14.9. The van der Waals surface area contributed by atoms with E-state index in [9.17, 15) is 28.0 Å². The zero-order valence-electron chi connectivity index (χ0n) is 36.7. The summed E-state index contributed by atoms with van der Waals surface area (Å²) < 4.78 is 47.3. The van der Waals surface area contributed by atoms with E-state index in [1.54, 1.807) is 54.4 Å². The number of nitrogens with zero attached hydrogens (tertiary/aromatic N) is 5. The van der Waals surface area contributed by atoms with Gasteiger partial charge >= 0.3 is 24.0 Å². The van der Waals surface area contributed by atoms with Crippen molar-refractivity contribution in [2.75, 3.05) is 104 Å². The quantitative estimate of drug-likeness (QED) is 0.118. The lowest BCUT2D eigenvalue weighted by Crippen LogP contribution is -2.52. The molecule has 4 aromatic rings. The minimum Gasteiger partial charge on any atom is -0.497 e. The van der Waals surface area contributed by atoms with Gasteiger partial charge in [0.05, 0.1) is 46.1 Å². The standard InChI is InChI=1S/C23H28FN3O4.C14H21N3O2.C9H8BrFO2/c1-4-25-11-13-26(14-12-25)23(29)27(19-7-9-20(30-2)10-8-19)16-18-6-5-17(15-21(18)24)22(28)31-3;1-3-16-8-10-17(11-9-16)14(18)15-12-4-6-13(19-2)7-5-12;1-13-9(12)6-2-3-7(5-10)8(11)4-6/h5-10,15H,4,11-14,16H2,1-3H3;4-7H,3,8-11H2,1-2H3,(H,15,18);2-4H,5H2,1H3. The van der Waals surface area contributed by atoms with Crippen molar-refractivity contribution in [3.63, 3.8) is 0 Å². The molecule has 0 atom stereocenters. The van der Waals surface area contributed by atoms with Crippen LogP contribution in [0.4, 0.5) is 29.7 Å². The number of hydrogen-bond donors (Lipinski definition) is 1. The summed E-state index contributed by atoms with van der Waals surface area (Å²) in [7, 11) is 5.71. The first-order valence-corrected chi connectivity index (χ1v) is 21.6. The van der Waals surface area contributed by atoms with Crippen molar-refractivity contribution >= 4 is 51.3 Å². The third kappa shape index (κ3) is 14.6. The normalized spacial score (nSPS) is 13.9. The van der Waals surface area contributed by atoms with E-state index >= 15 is 0 Å². The molecular weight excluding hydrogens is 882 g/mol. The fraction of sp³-hybridized carbons (Fsp3) is 0.391. The van der Waals surface area contributed by atoms with Crippen LogP contribution in [0.5, 0.6) is 11.5 Å². The van der Waals surface area contributed by atoms with Crippen molar-refractivity contribution < 1.29 is 46.9 Å². The van der Waals surface area contributed by atoms with Crippen LogP contribution in [0.3, 0.4) is 0 Å². The number of halogens is 3. The van der Waals surface area contributed by atoms with Crippen LogP contribution in [0, 0.1) is 11.6 Å². The molecule has 6 rings (SSSR count). The topological polar surface area (TPSA) is 133 Å². The van der Waals surface area contributed by atoms with Gasteiger partial charge in [-0.15, -0.1) is 0 Å². The van der Waals surface area contributed by atoms with Gasteiger partial charge in [0, 0.05) is 74.6 Å². The number of carbonyl (C=O) groups excluding carboxylic acids is 4. The highest BCUT2D eigenvalue weighted by atomic mass is 79.9. The van der Waals surface area contributed by atoms with Crippen LogP contribution in [-0.4, -0.2) is 137 Å². The molecule has 2 heterocycles. The second-order valence-electron chi connectivity index (χ2n) is 14.3. The molecule has 4 aromatic carbocycles. The molecule has 2 aliphatic rings. The Hall–Kier alpha value is -5.78. The Bertz CT molecular complexity index is 2100. The summed E-state index contributed by atoms with van der Waals surface area (Å²) in [6.07, 6.45) is 0. The molecule has 1 N–H and O–H groups in total. The van der Waals surface area contributed by atoms with Gasteiger partial charge in [-0.3, -0.25) is 4.90 Å². The molecule has 14 nitrogen and oxygen atoms in total. The maximum absolute atomic E-state index is 14.8. The van der Waals surface area contributed by atoms with Crippen molar-refractivity contribution in [2.24, 2.45) is 0 Å². The molecular formula is C46H57BrF2N6O8. The Morgan fingerprint density at radius 1 is 0.619 bits per heavy atom. The average Bonchev–Trinajstić information content (AvgIpc) is 3.33. The number of hydrogen-bond acceptors (Lipinski definition) is 10. The lowest BCUT2D eigenvalue weighted by molar-refractivity contribution is 0.0591. The van der Waals surface area contributed by atoms with Gasteiger partial charge in [-0.25, -0.2) is 28.0 Å². The third-order valence-electron chi connectivity index (χ3n) is 10.6. The van der Waals surface area contributed by atoms with E-state index in [1.165, 1.54) is 38.5 Å². The Morgan fingerprint density at radius 2 is 1.06 bits per heavy atom. The van der Waals surface area contributed by atoms with Crippen LogP contribution in [-0.2, 0) is 21.3 Å². The summed E-state index contributed by atoms with van der Waals surface area (Å²) in [6.45, 7) is 12.6. The van der Waals surface area contributed by atoms with Crippen LogP contribution in [0.25, 0.3) is 0 Å². The summed E-state index contributed by atoms with van der Waals surface area (Å²) in [4.78, 5) is 57.9. The minimum absolute atomic E-state index is 0.0269. The smallest absolute Gasteiger partial charge is 0.337 e. The third-order valence-corrected chi connectivity index (χ3v) is 11.2. The molecule has 0 aliphatic carbocycles. The molecule has 2 fully saturated rings. The lowest BCUT2D eigenvalue weighted by Gasteiger charge is -2.37. The van der Waals surface area contributed by atoms with Crippen LogP contribution in [0.15, 0.2) is 84.9 Å². The van der Waals surface area contributed by atoms with Gasteiger partial charge in [0.1, 0.15) is 23.1 Å². The molecule has 2 aliphatic heterocycles. The van der Waals surface area contributed by atoms with Crippen LogP contribution < -0.4 is 19.7 Å². The van der Waals surface area contributed by atoms with Gasteiger partial charge in [-0.05, 0) is 91.4 Å². The SMILES string of the molecule is CCN1CCN(C(=O)N(Cc2ccc(C(=O)OC)cc2F)c2ccc(OC)cc2)CC1.CCN1CCN(C(=O)Nc2ccc(OC)cc2)CC1.COC(=O)c1ccc(CBr)c(F)c1.